The number of hydrogen-bond donors (Lipinski definition) is 2. The van der Waals surface area contributed by atoms with Crippen molar-refractivity contribution in [1.82, 2.24) is 4.90 Å². The molecular weight excluding hydrogens is 400 g/mol. The number of carbonyl (C=O) groups is 2. The van der Waals surface area contributed by atoms with Gasteiger partial charge < -0.3 is 15.1 Å². The summed E-state index contributed by atoms with van der Waals surface area (Å²) in [5.74, 6) is -2.63. The van der Waals surface area contributed by atoms with Crippen molar-refractivity contribution >= 4 is 29.4 Å². The van der Waals surface area contributed by atoms with Crippen molar-refractivity contribution < 1.29 is 19.8 Å². The molecule has 0 bridgehead atoms. The quantitative estimate of drug-likeness (QED) is 0.534. The molecule has 0 radical (unpaired) electrons. The molecule has 1 aliphatic heterocycles. The molecule has 160 valence electrons. The van der Waals surface area contributed by atoms with E-state index in [1.54, 1.807) is 0 Å². The first-order valence-corrected chi connectivity index (χ1v) is 11.0. The smallest absolute Gasteiger partial charge is 0.414 e. The number of fused-ring (bicyclic) bond motifs is 2. The summed E-state index contributed by atoms with van der Waals surface area (Å²) in [5, 5.41) is 14.8. The molecule has 6 nitrogen and oxygen atoms in total. The van der Waals surface area contributed by atoms with Crippen LogP contribution < -0.4 is 0 Å². The number of carboxylic acids is 2. The average molecular weight is 429 g/mol. The predicted molar refractivity (Wildman–Crippen MR) is 121 cm³/mol. The Morgan fingerprint density at radius 3 is 2.20 bits per heavy atom. The zero-order valence-corrected chi connectivity index (χ0v) is 18.2. The standard InChI is InChI=1S/C21H26N2S.C2H2O4/c1-3-23(4-2)15-9-14-22-21-18-11-6-5-10-17(18)16-24-20-13-8-7-12-19(20)21;3-1(4)2(5)6/h5-8,10-13H,3-4,9,14-16H2,1-2H3;(H,3,4)(H,5,6)/b22-21-;. The number of thioether (sulfide) groups is 1. The van der Waals surface area contributed by atoms with E-state index in [0.29, 0.717) is 0 Å². The van der Waals surface area contributed by atoms with Gasteiger partial charge in [-0.3, -0.25) is 4.99 Å². The Bertz CT molecular complexity index is 833. The molecule has 2 aromatic carbocycles. The van der Waals surface area contributed by atoms with Gasteiger partial charge in [-0.1, -0.05) is 56.3 Å². The molecule has 0 saturated carbocycles. The highest BCUT2D eigenvalue weighted by Crippen LogP contribution is 2.33. The van der Waals surface area contributed by atoms with Crippen LogP contribution in [0.2, 0.25) is 0 Å². The highest BCUT2D eigenvalue weighted by molar-refractivity contribution is 7.98. The lowest BCUT2D eigenvalue weighted by atomic mass is 9.98. The summed E-state index contributed by atoms with van der Waals surface area (Å²) in [6.45, 7) is 8.71. The summed E-state index contributed by atoms with van der Waals surface area (Å²) in [7, 11) is 0. The van der Waals surface area contributed by atoms with Crippen molar-refractivity contribution in [1.29, 1.82) is 0 Å². The van der Waals surface area contributed by atoms with E-state index >= 15 is 0 Å². The lowest BCUT2D eigenvalue weighted by Gasteiger charge is -2.17. The van der Waals surface area contributed by atoms with Crippen LogP contribution in [0.3, 0.4) is 0 Å². The van der Waals surface area contributed by atoms with Gasteiger partial charge in [0.2, 0.25) is 0 Å². The molecule has 2 aromatic rings. The van der Waals surface area contributed by atoms with Crippen LogP contribution >= 0.6 is 11.8 Å². The Kier molecular flexibility index (Phi) is 9.57. The van der Waals surface area contributed by atoms with Gasteiger partial charge >= 0.3 is 11.9 Å². The van der Waals surface area contributed by atoms with Crippen molar-refractivity contribution in [2.24, 2.45) is 4.99 Å². The van der Waals surface area contributed by atoms with Gasteiger partial charge in [-0.05, 0) is 37.7 Å². The molecule has 0 aliphatic carbocycles. The van der Waals surface area contributed by atoms with E-state index in [1.807, 2.05) is 11.8 Å². The van der Waals surface area contributed by atoms with E-state index in [0.717, 1.165) is 38.4 Å². The van der Waals surface area contributed by atoms with E-state index in [1.165, 1.54) is 27.3 Å². The van der Waals surface area contributed by atoms with Crippen LogP contribution in [-0.4, -0.2) is 58.9 Å². The van der Waals surface area contributed by atoms with Crippen LogP contribution in [0.5, 0.6) is 0 Å². The number of benzene rings is 2. The fraction of sp³-hybridized carbons (Fsp3) is 0.348. The van der Waals surface area contributed by atoms with E-state index < -0.39 is 11.9 Å². The van der Waals surface area contributed by atoms with Crippen LogP contribution in [0.25, 0.3) is 0 Å². The lowest BCUT2D eigenvalue weighted by Crippen LogP contribution is -2.24. The number of hydrogen-bond acceptors (Lipinski definition) is 5. The van der Waals surface area contributed by atoms with E-state index in [-0.39, 0.29) is 0 Å². The monoisotopic (exact) mass is 428 g/mol. The highest BCUT2D eigenvalue weighted by atomic mass is 32.2. The molecule has 0 fully saturated rings. The van der Waals surface area contributed by atoms with Crippen LogP contribution in [-0.2, 0) is 15.3 Å². The molecule has 1 aliphatic rings. The van der Waals surface area contributed by atoms with Crippen LogP contribution in [0.1, 0.15) is 37.0 Å². The molecule has 0 saturated heterocycles. The highest BCUT2D eigenvalue weighted by Gasteiger charge is 2.18. The minimum absolute atomic E-state index is 0.888. The van der Waals surface area contributed by atoms with Gasteiger partial charge in [0, 0.05) is 28.3 Å². The molecule has 0 unspecified atom stereocenters. The Balaban J connectivity index is 0.000000469. The molecule has 0 aromatic heterocycles. The first kappa shape index (κ1) is 23.6. The zero-order valence-electron chi connectivity index (χ0n) is 17.4. The molecule has 0 atom stereocenters. The van der Waals surface area contributed by atoms with E-state index in [9.17, 15) is 0 Å². The van der Waals surface area contributed by atoms with Crippen LogP contribution in [0, 0.1) is 0 Å². The van der Waals surface area contributed by atoms with Gasteiger partial charge in [-0.15, -0.1) is 11.8 Å². The Labute approximate surface area is 181 Å². The zero-order chi connectivity index (χ0) is 21.9. The second kappa shape index (κ2) is 12.1. The van der Waals surface area contributed by atoms with Crippen molar-refractivity contribution in [3.05, 3.63) is 65.2 Å². The topological polar surface area (TPSA) is 90.2 Å². The Morgan fingerprint density at radius 2 is 1.57 bits per heavy atom. The summed E-state index contributed by atoms with van der Waals surface area (Å²) >= 11 is 1.92. The Hall–Kier alpha value is -2.64. The first-order valence-electron chi connectivity index (χ1n) is 10.0. The molecule has 3 rings (SSSR count). The fourth-order valence-electron chi connectivity index (χ4n) is 3.16. The number of rotatable bonds is 6. The Morgan fingerprint density at radius 1 is 0.967 bits per heavy atom. The van der Waals surface area contributed by atoms with E-state index in [4.69, 9.17) is 24.8 Å². The van der Waals surface area contributed by atoms with Gasteiger partial charge in [0.25, 0.3) is 0 Å². The third kappa shape index (κ3) is 6.71. The number of aliphatic imine (C=N–C) groups is 1. The molecule has 1 heterocycles. The van der Waals surface area contributed by atoms with Gasteiger partial charge in [-0.25, -0.2) is 9.59 Å². The summed E-state index contributed by atoms with van der Waals surface area (Å²) in [6.07, 6.45) is 1.11. The van der Waals surface area contributed by atoms with Crippen LogP contribution in [0.15, 0.2) is 58.4 Å². The number of nitrogens with zero attached hydrogens (tertiary/aromatic N) is 2. The molecule has 0 spiro atoms. The second-order valence-corrected chi connectivity index (χ2v) is 7.68. The average Bonchev–Trinajstić information content (AvgIpc) is 2.91. The van der Waals surface area contributed by atoms with Crippen molar-refractivity contribution in [3.8, 4) is 0 Å². The second-order valence-electron chi connectivity index (χ2n) is 6.66. The molecular formula is C23H28N2O4S. The lowest BCUT2D eigenvalue weighted by molar-refractivity contribution is -0.159. The summed E-state index contributed by atoms with van der Waals surface area (Å²) in [5.41, 5.74) is 5.15. The fourth-order valence-corrected chi connectivity index (χ4v) is 4.22. The molecule has 0 amide bonds. The van der Waals surface area contributed by atoms with E-state index in [2.05, 4.69) is 67.3 Å². The molecule has 2 N–H and O–H groups in total. The summed E-state index contributed by atoms with van der Waals surface area (Å²) < 4.78 is 0. The van der Waals surface area contributed by atoms with Crippen molar-refractivity contribution in [3.63, 3.8) is 0 Å². The normalized spacial score (nSPS) is 13.6. The number of aliphatic carboxylic acids is 2. The predicted octanol–water partition coefficient (Wildman–Crippen LogP) is 4.02. The molecule has 30 heavy (non-hydrogen) atoms. The minimum Gasteiger partial charge on any atom is -0.473 e. The van der Waals surface area contributed by atoms with Gasteiger partial charge in [0.05, 0.1) is 5.71 Å². The summed E-state index contributed by atoms with van der Waals surface area (Å²) in [4.78, 5) is 27.0. The minimum atomic E-state index is -1.82. The van der Waals surface area contributed by atoms with Gasteiger partial charge in [-0.2, -0.15) is 0 Å². The summed E-state index contributed by atoms with van der Waals surface area (Å²) in [6, 6.07) is 17.4. The third-order valence-electron chi connectivity index (χ3n) is 4.78. The molecule has 7 heteroatoms. The first-order chi connectivity index (χ1) is 14.5. The maximum atomic E-state index is 9.10. The number of carboxylic acid groups (broad SMARTS) is 2. The third-order valence-corrected chi connectivity index (χ3v) is 5.90. The van der Waals surface area contributed by atoms with Crippen LogP contribution in [0.4, 0.5) is 0 Å². The maximum Gasteiger partial charge on any atom is 0.414 e. The van der Waals surface area contributed by atoms with Gasteiger partial charge in [0.15, 0.2) is 0 Å². The van der Waals surface area contributed by atoms with Gasteiger partial charge in [0.1, 0.15) is 0 Å². The van der Waals surface area contributed by atoms with Crippen molar-refractivity contribution in [2.45, 2.75) is 30.9 Å². The maximum absolute atomic E-state index is 9.10. The SMILES string of the molecule is CCN(CC)CCC/N=C1/c2ccccc2CSc2ccccc21.O=C(O)C(=O)O. The largest absolute Gasteiger partial charge is 0.473 e. The van der Waals surface area contributed by atoms with Crippen molar-refractivity contribution in [2.75, 3.05) is 26.2 Å².